The molecule has 1 aromatic heterocycles. The van der Waals surface area contributed by atoms with Gasteiger partial charge in [-0.15, -0.1) is 0 Å². The van der Waals surface area contributed by atoms with E-state index in [2.05, 4.69) is 10.4 Å². The molecule has 1 amide bonds. The molecule has 3 rings (SSSR count). The van der Waals surface area contributed by atoms with Gasteiger partial charge in [0, 0.05) is 5.69 Å². The van der Waals surface area contributed by atoms with Gasteiger partial charge in [0.15, 0.2) is 0 Å². The maximum absolute atomic E-state index is 12.4. The molecule has 0 saturated carbocycles. The van der Waals surface area contributed by atoms with Gasteiger partial charge in [-0.3, -0.25) is 4.79 Å². The SMILES string of the molecule is COc1ccc(NC(=O)c2cnn(-c3ccccc3)c2N)cc1. The van der Waals surface area contributed by atoms with E-state index in [4.69, 9.17) is 10.5 Å². The van der Waals surface area contributed by atoms with Crippen molar-refractivity contribution in [1.29, 1.82) is 0 Å². The van der Waals surface area contributed by atoms with Crippen LogP contribution in [0.1, 0.15) is 10.4 Å². The van der Waals surface area contributed by atoms with Gasteiger partial charge in [-0.05, 0) is 36.4 Å². The lowest BCUT2D eigenvalue weighted by Gasteiger charge is -2.07. The first kappa shape index (κ1) is 14.6. The monoisotopic (exact) mass is 308 g/mol. The predicted octanol–water partition coefficient (Wildman–Crippen LogP) is 2.72. The number of ether oxygens (including phenoxy) is 1. The fourth-order valence-corrected chi connectivity index (χ4v) is 2.18. The Morgan fingerprint density at radius 1 is 1.13 bits per heavy atom. The third kappa shape index (κ3) is 3.01. The number of nitrogens with two attached hydrogens (primary N) is 1. The highest BCUT2D eigenvalue weighted by Crippen LogP contribution is 2.20. The maximum atomic E-state index is 12.4. The number of carbonyl (C=O) groups excluding carboxylic acids is 1. The van der Waals surface area contributed by atoms with E-state index in [9.17, 15) is 4.79 Å². The molecule has 0 aliphatic heterocycles. The van der Waals surface area contributed by atoms with Gasteiger partial charge in [0.25, 0.3) is 5.91 Å². The van der Waals surface area contributed by atoms with Crippen LogP contribution in [0.5, 0.6) is 5.75 Å². The number of rotatable bonds is 4. The highest BCUT2D eigenvalue weighted by molar-refractivity contribution is 6.07. The smallest absolute Gasteiger partial charge is 0.261 e. The lowest BCUT2D eigenvalue weighted by molar-refractivity contribution is 0.102. The van der Waals surface area contributed by atoms with E-state index in [1.165, 1.54) is 10.9 Å². The number of amides is 1. The first-order valence-corrected chi connectivity index (χ1v) is 7.03. The van der Waals surface area contributed by atoms with E-state index in [1.807, 2.05) is 30.3 Å². The molecule has 1 heterocycles. The molecule has 0 saturated heterocycles. The van der Waals surface area contributed by atoms with Gasteiger partial charge in [-0.25, -0.2) is 4.68 Å². The number of carbonyl (C=O) groups is 1. The number of nitrogen functional groups attached to an aromatic ring is 1. The Kier molecular flexibility index (Phi) is 3.97. The molecule has 0 spiro atoms. The minimum atomic E-state index is -0.310. The molecule has 2 aromatic carbocycles. The first-order chi connectivity index (χ1) is 11.2. The molecular weight excluding hydrogens is 292 g/mol. The van der Waals surface area contributed by atoms with Crippen LogP contribution >= 0.6 is 0 Å². The van der Waals surface area contributed by atoms with E-state index in [0.29, 0.717) is 17.1 Å². The van der Waals surface area contributed by atoms with Crippen LogP contribution in [0.15, 0.2) is 60.8 Å². The summed E-state index contributed by atoms with van der Waals surface area (Å²) in [5, 5.41) is 6.97. The van der Waals surface area contributed by atoms with Gasteiger partial charge >= 0.3 is 0 Å². The second kappa shape index (κ2) is 6.23. The van der Waals surface area contributed by atoms with Gasteiger partial charge in [0.05, 0.1) is 19.0 Å². The van der Waals surface area contributed by atoms with E-state index in [1.54, 1.807) is 31.4 Å². The van der Waals surface area contributed by atoms with Gasteiger partial charge in [0.2, 0.25) is 0 Å². The van der Waals surface area contributed by atoms with Crippen molar-refractivity contribution < 1.29 is 9.53 Å². The number of anilines is 2. The van der Waals surface area contributed by atoms with Crippen molar-refractivity contribution in [2.24, 2.45) is 0 Å². The predicted molar refractivity (Wildman–Crippen MR) is 88.9 cm³/mol. The molecule has 0 aliphatic carbocycles. The highest BCUT2D eigenvalue weighted by atomic mass is 16.5. The number of aromatic nitrogens is 2. The maximum Gasteiger partial charge on any atom is 0.261 e. The van der Waals surface area contributed by atoms with Crippen molar-refractivity contribution in [3.63, 3.8) is 0 Å². The largest absolute Gasteiger partial charge is 0.497 e. The van der Waals surface area contributed by atoms with E-state index < -0.39 is 0 Å². The second-order valence-corrected chi connectivity index (χ2v) is 4.87. The number of methoxy groups -OCH3 is 1. The molecular formula is C17H16N4O2. The summed E-state index contributed by atoms with van der Waals surface area (Å²) >= 11 is 0. The number of hydrogen-bond donors (Lipinski definition) is 2. The normalized spacial score (nSPS) is 10.3. The molecule has 3 N–H and O–H groups in total. The quantitative estimate of drug-likeness (QED) is 0.776. The van der Waals surface area contributed by atoms with Gasteiger partial charge < -0.3 is 15.8 Å². The zero-order valence-corrected chi connectivity index (χ0v) is 12.6. The zero-order valence-electron chi connectivity index (χ0n) is 12.6. The van der Waals surface area contributed by atoms with E-state index >= 15 is 0 Å². The lowest BCUT2D eigenvalue weighted by atomic mass is 10.2. The molecule has 0 fully saturated rings. The summed E-state index contributed by atoms with van der Waals surface area (Å²) in [6.45, 7) is 0. The van der Waals surface area contributed by atoms with Crippen LogP contribution in [0.2, 0.25) is 0 Å². The summed E-state index contributed by atoms with van der Waals surface area (Å²) in [6.07, 6.45) is 1.46. The molecule has 116 valence electrons. The minimum Gasteiger partial charge on any atom is -0.497 e. The molecule has 6 nitrogen and oxygen atoms in total. The number of benzene rings is 2. The van der Waals surface area contributed by atoms with Crippen molar-refractivity contribution in [3.8, 4) is 11.4 Å². The average Bonchev–Trinajstić information content (AvgIpc) is 2.98. The summed E-state index contributed by atoms with van der Waals surface area (Å²) in [5.74, 6) is 0.705. The molecule has 0 bridgehead atoms. The number of nitrogens with zero attached hydrogens (tertiary/aromatic N) is 2. The fraction of sp³-hybridized carbons (Fsp3) is 0.0588. The Hall–Kier alpha value is -3.28. The zero-order chi connectivity index (χ0) is 16.2. The minimum absolute atomic E-state index is 0.294. The van der Waals surface area contributed by atoms with Crippen LogP contribution in [-0.2, 0) is 0 Å². The molecule has 0 atom stereocenters. The average molecular weight is 308 g/mol. The van der Waals surface area contributed by atoms with E-state index in [-0.39, 0.29) is 5.91 Å². The first-order valence-electron chi connectivity index (χ1n) is 7.03. The summed E-state index contributed by atoms with van der Waals surface area (Å²) in [6, 6.07) is 16.5. The van der Waals surface area contributed by atoms with Crippen LogP contribution in [-0.4, -0.2) is 22.8 Å². The Labute approximate surface area is 133 Å². The van der Waals surface area contributed by atoms with Crippen LogP contribution in [0, 0.1) is 0 Å². The lowest BCUT2D eigenvalue weighted by Crippen LogP contribution is -2.14. The number of para-hydroxylation sites is 1. The van der Waals surface area contributed by atoms with Crippen molar-refractivity contribution in [2.45, 2.75) is 0 Å². The van der Waals surface area contributed by atoms with Crippen LogP contribution < -0.4 is 15.8 Å². The molecule has 23 heavy (non-hydrogen) atoms. The Morgan fingerprint density at radius 3 is 2.48 bits per heavy atom. The topological polar surface area (TPSA) is 82.2 Å². The summed E-state index contributed by atoms with van der Waals surface area (Å²) in [7, 11) is 1.59. The van der Waals surface area contributed by atoms with Crippen molar-refractivity contribution in [2.75, 3.05) is 18.2 Å². The van der Waals surface area contributed by atoms with Crippen molar-refractivity contribution in [1.82, 2.24) is 9.78 Å². The standard InChI is InChI=1S/C17H16N4O2/c1-23-14-9-7-12(8-10-14)20-17(22)15-11-19-21(16(15)18)13-5-3-2-4-6-13/h2-11H,18H2,1H3,(H,20,22). The Bertz CT molecular complexity index is 810. The van der Waals surface area contributed by atoms with Gasteiger partial charge in [-0.1, -0.05) is 18.2 Å². The van der Waals surface area contributed by atoms with Gasteiger partial charge in [0.1, 0.15) is 17.1 Å². The van der Waals surface area contributed by atoms with Gasteiger partial charge in [-0.2, -0.15) is 5.10 Å². The Balaban J connectivity index is 1.81. The summed E-state index contributed by atoms with van der Waals surface area (Å²) < 4.78 is 6.61. The molecule has 0 aliphatic rings. The molecule has 6 heteroatoms. The third-order valence-electron chi connectivity index (χ3n) is 3.40. The highest BCUT2D eigenvalue weighted by Gasteiger charge is 2.16. The Morgan fingerprint density at radius 2 is 1.83 bits per heavy atom. The van der Waals surface area contributed by atoms with Crippen LogP contribution in [0.25, 0.3) is 5.69 Å². The van der Waals surface area contributed by atoms with Crippen molar-refractivity contribution in [3.05, 3.63) is 66.4 Å². The van der Waals surface area contributed by atoms with Crippen molar-refractivity contribution >= 4 is 17.4 Å². The van der Waals surface area contributed by atoms with Crippen LogP contribution in [0.3, 0.4) is 0 Å². The van der Waals surface area contributed by atoms with E-state index in [0.717, 1.165) is 11.4 Å². The number of hydrogen-bond acceptors (Lipinski definition) is 4. The summed E-state index contributed by atoms with van der Waals surface area (Å²) in [5.41, 5.74) is 7.83. The molecule has 0 radical (unpaired) electrons. The van der Waals surface area contributed by atoms with Crippen LogP contribution in [0.4, 0.5) is 11.5 Å². The fourth-order valence-electron chi connectivity index (χ4n) is 2.18. The molecule has 0 unspecified atom stereocenters. The second-order valence-electron chi connectivity index (χ2n) is 4.87. The number of nitrogens with one attached hydrogen (secondary N) is 1. The third-order valence-corrected chi connectivity index (χ3v) is 3.40. The summed E-state index contributed by atoms with van der Waals surface area (Å²) in [4.78, 5) is 12.4. The molecule has 3 aromatic rings.